The summed E-state index contributed by atoms with van der Waals surface area (Å²) in [5, 5.41) is 2.11. The van der Waals surface area contributed by atoms with Gasteiger partial charge >= 0.3 is 0 Å². The predicted octanol–water partition coefficient (Wildman–Crippen LogP) is 8.94. The van der Waals surface area contributed by atoms with Gasteiger partial charge in [-0.25, -0.2) is 4.98 Å². The molecule has 0 aliphatic heterocycles. The fourth-order valence-corrected chi connectivity index (χ4v) is 4.13. The van der Waals surface area contributed by atoms with Gasteiger partial charge in [-0.3, -0.25) is 0 Å². The average molecular weight is 564 g/mol. The number of hydrogen-bond acceptors (Lipinski definition) is 1. The molecule has 1 nitrogen and oxygen atoms in total. The molecule has 0 fully saturated rings. The molecule has 0 amide bonds. The molecule has 0 unspecified atom stereocenters. The number of aromatic nitrogens is 1. The van der Waals surface area contributed by atoms with E-state index in [0.29, 0.717) is 30.1 Å². The van der Waals surface area contributed by atoms with Gasteiger partial charge in [-0.1, -0.05) is 81.7 Å². The molecule has 0 aliphatic carbocycles. The first-order chi connectivity index (χ1) is 11.8. The number of halogens is 7. The number of hydrogen-bond donors (Lipinski definition) is 0. The minimum atomic E-state index is 0.300. The minimum absolute atomic E-state index is 0.300. The average Bonchev–Trinajstić information content (AvgIpc) is 2.59. The fraction of sp³-hybridized carbons (Fsp3) is 0. The van der Waals surface area contributed by atoms with Crippen molar-refractivity contribution in [2.24, 2.45) is 0 Å². The lowest BCUT2D eigenvalue weighted by molar-refractivity contribution is 1.27. The van der Waals surface area contributed by atoms with E-state index in [2.05, 4.69) is 27.6 Å². The number of pyridine rings is 1. The highest BCUT2D eigenvalue weighted by molar-refractivity contribution is 14.1. The van der Waals surface area contributed by atoms with Crippen LogP contribution in [0, 0.1) is 3.70 Å². The Hall–Kier alpha value is 0.0600. The minimum Gasteiger partial charge on any atom is -0.249 e. The first-order valence-electron chi connectivity index (χ1n) is 6.74. The van der Waals surface area contributed by atoms with E-state index in [0.717, 1.165) is 26.0 Å². The van der Waals surface area contributed by atoms with Gasteiger partial charge in [0.25, 0.3) is 0 Å². The zero-order chi connectivity index (χ0) is 18.3. The zero-order valence-corrected chi connectivity index (χ0v) is 18.8. The van der Waals surface area contributed by atoms with Crippen LogP contribution in [0.1, 0.15) is 0 Å². The summed E-state index contributed by atoms with van der Waals surface area (Å²) in [7, 11) is 0. The van der Waals surface area contributed by atoms with Crippen LogP contribution in [0.5, 0.6) is 0 Å². The smallest absolute Gasteiger partial charge is 0.109 e. The maximum atomic E-state index is 6.37. The third-order valence-corrected chi connectivity index (χ3v) is 6.96. The van der Waals surface area contributed by atoms with E-state index in [9.17, 15) is 0 Å². The second-order valence-electron chi connectivity index (χ2n) is 5.01. The van der Waals surface area contributed by atoms with Crippen LogP contribution in [0.4, 0.5) is 0 Å². The zero-order valence-electron chi connectivity index (χ0n) is 12.1. The maximum Gasteiger partial charge on any atom is 0.109 e. The van der Waals surface area contributed by atoms with Crippen molar-refractivity contribution in [3.05, 3.63) is 70.4 Å². The molecule has 0 bridgehead atoms. The van der Waals surface area contributed by atoms with Crippen LogP contribution < -0.4 is 0 Å². The largest absolute Gasteiger partial charge is 0.249 e. The van der Waals surface area contributed by atoms with Crippen molar-refractivity contribution in [1.82, 2.24) is 4.98 Å². The van der Waals surface area contributed by atoms with Crippen LogP contribution in [0.2, 0.25) is 30.1 Å². The summed E-state index contributed by atoms with van der Waals surface area (Å²) in [6.07, 6.45) is 1.71. The molecular weight excluding hydrogens is 558 g/mol. The molecule has 8 heteroatoms. The topological polar surface area (TPSA) is 12.9 Å². The van der Waals surface area contributed by atoms with Crippen LogP contribution in [0.25, 0.3) is 22.3 Å². The Morgan fingerprint density at radius 3 is 1.76 bits per heavy atom. The fourth-order valence-electron chi connectivity index (χ4n) is 2.27. The Kier molecular flexibility index (Phi) is 6.32. The summed E-state index contributed by atoms with van der Waals surface area (Å²) >= 11 is 39.2. The second kappa shape index (κ2) is 7.97. The Morgan fingerprint density at radius 2 is 1.16 bits per heavy atom. The Labute approximate surface area is 188 Å². The lowest BCUT2D eigenvalue weighted by Crippen LogP contribution is -1.92. The van der Waals surface area contributed by atoms with Crippen molar-refractivity contribution in [3.63, 3.8) is 0 Å². The SMILES string of the molecule is Clc1ccc(-c2cnc(I)c(-c3ccc(Cl)c(Cl)c3Cl)c2)c(Cl)c1Cl. The van der Waals surface area contributed by atoms with Crippen molar-refractivity contribution in [3.8, 4) is 22.3 Å². The first kappa shape index (κ1) is 19.8. The molecule has 0 atom stereocenters. The van der Waals surface area contributed by atoms with Crippen LogP contribution in [-0.4, -0.2) is 4.98 Å². The van der Waals surface area contributed by atoms with Crippen LogP contribution in [-0.2, 0) is 0 Å². The molecular formula is C17H6Cl6IN. The van der Waals surface area contributed by atoms with Crippen molar-refractivity contribution in [2.45, 2.75) is 0 Å². The highest BCUT2D eigenvalue weighted by Crippen LogP contribution is 2.42. The lowest BCUT2D eigenvalue weighted by Gasteiger charge is -2.12. The van der Waals surface area contributed by atoms with Gasteiger partial charge in [0.15, 0.2) is 0 Å². The molecule has 3 aromatic rings. The first-order valence-corrected chi connectivity index (χ1v) is 10.1. The van der Waals surface area contributed by atoms with Gasteiger partial charge in [-0.15, -0.1) is 0 Å². The van der Waals surface area contributed by atoms with E-state index in [1.165, 1.54) is 0 Å². The summed E-state index contributed by atoms with van der Waals surface area (Å²) in [4.78, 5) is 4.44. The molecule has 0 saturated heterocycles. The molecule has 1 aromatic heterocycles. The highest BCUT2D eigenvalue weighted by atomic mass is 127. The van der Waals surface area contributed by atoms with Gasteiger partial charge < -0.3 is 0 Å². The van der Waals surface area contributed by atoms with Crippen molar-refractivity contribution in [1.29, 1.82) is 0 Å². The maximum absolute atomic E-state index is 6.37. The standard InChI is InChI=1S/C17H6Cl6IN/c18-11-3-1-8(13(20)15(11)22)7-5-10(17(24)25-6-7)9-2-4-12(19)16(23)14(9)21/h1-6H. The second-order valence-corrected chi connectivity index (χ2v) is 8.36. The van der Waals surface area contributed by atoms with Crippen LogP contribution in [0.3, 0.4) is 0 Å². The van der Waals surface area contributed by atoms with E-state index in [1.807, 2.05) is 6.07 Å². The quantitative estimate of drug-likeness (QED) is 0.172. The van der Waals surface area contributed by atoms with Crippen LogP contribution in [0.15, 0.2) is 36.5 Å². The molecule has 0 N–H and O–H groups in total. The molecule has 3 rings (SSSR count). The Balaban J connectivity index is 2.21. The lowest BCUT2D eigenvalue weighted by atomic mass is 10.0. The van der Waals surface area contributed by atoms with Gasteiger partial charge in [-0.2, -0.15) is 0 Å². The number of benzene rings is 2. The van der Waals surface area contributed by atoms with E-state index in [1.54, 1.807) is 30.5 Å². The normalized spacial score (nSPS) is 11.0. The summed E-state index contributed by atoms with van der Waals surface area (Å²) < 4.78 is 0.762. The summed E-state index contributed by atoms with van der Waals surface area (Å²) in [5.74, 6) is 0. The van der Waals surface area contributed by atoms with Crippen molar-refractivity contribution >= 4 is 92.2 Å². The molecule has 0 spiro atoms. The third kappa shape index (κ3) is 3.86. The van der Waals surface area contributed by atoms with Crippen molar-refractivity contribution in [2.75, 3.05) is 0 Å². The summed E-state index contributed by atoms with van der Waals surface area (Å²) in [6, 6.07) is 8.90. The molecule has 1 heterocycles. The highest BCUT2D eigenvalue weighted by Gasteiger charge is 2.16. The summed E-state index contributed by atoms with van der Waals surface area (Å²) in [5.41, 5.74) is 3.04. The van der Waals surface area contributed by atoms with Gasteiger partial charge in [-0.05, 0) is 40.8 Å². The Morgan fingerprint density at radius 1 is 0.640 bits per heavy atom. The van der Waals surface area contributed by atoms with E-state index >= 15 is 0 Å². The predicted molar refractivity (Wildman–Crippen MR) is 118 cm³/mol. The van der Waals surface area contributed by atoms with Gasteiger partial charge in [0.05, 0.1) is 30.1 Å². The van der Waals surface area contributed by atoms with Crippen molar-refractivity contribution < 1.29 is 0 Å². The molecule has 2 aromatic carbocycles. The third-order valence-electron chi connectivity index (χ3n) is 3.51. The van der Waals surface area contributed by atoms with Gasteiger partial charge in [0.1, 0.15) is 3.70 Å². The monoisotopic (exact) mass is 561 g/mol. The van der Waals surface area contributed by atoms with E-state index in [4.69, 9.17) is 69.6 Å². The molecule has 25 heavy (non-hydrogen) atoms. The molecule has 128 valence electrons. The Bertz CT molecular complexity index is 989. The van der Waals surface area contributed by atoms with E-state index < -0.39 is 0 Å². The molecule has 0 aliphatic rings. The molecule has 0 radical (unpaired) electrons. The number of nitrogens with zero attached hydrogens (tertiary/aromatic N) is 1. The van der Waals surface area contributed by atoms with E-state index in [-0.39, 0.29) is 0 Å². The number of rotatable bonds is 2. The molecule has 0 saturated carbocycles. The van der Waals surface area contributed by atoms with Crippen LogP contribution >= 0.6 is 92.2 Å². The summed E-state index contributed by atoms with van der Waals surface area (Å²) in [6.45, 7) is 0. The van der Waals surface area contributed by atoms with Gasteiger partial charge in [0.2, 0.25) is 0 Å². The van der Waals surface area contributed by atoms with Gasteiger partial charge in [0, 0.05) is 28.5 Å².